The van der Waals surface area contributed by atoms with Gasteiger partial charge < -0.3 is 15.0 Å². The van der Waals surface area contributed by atoms with Gasteiger partial charge in [-0.05, 0) is 40.0 Å². The topological polar surface area (TPSA) is 58.6 Å². The highest BCUT2D eigenvalue weighted by molar-refractivity contribution is 5.81. The summed E-state index contributed by atoms with van der Waals surface area (Å²) in [5, 5.41) is 2.82. The van der Waals surface area contributed by atoms with Crippen molar-refractivity contribution in [3.63, 3.8) is 0 Å². The first kappa shape index (κ1) is 13.2. The minimum atomic E-state index is -0.480. The van der Waals surface area contributed by atoms with Crippen LogP contribution in [-0.4, -0.2) is 41.6 Å². The number of hydrogen-bond donors (Lipinski definition) is 1. The van der Waals surface area contributed by atoms with Crippen molar-refractivity contribution in [3.8, 4) is 0 Å². The summed E-state index contributed by atoms with van der Waals surface area (Å²) in [6.07, 6.45) is 2.48. The van der Waals surface area contributed by atoms with E-state index in [2.05, 4.69) is 5.32 Å². The number of nitrogens with one attached hydrogen (secondary N) is 1. The molecule has 1 aliphatic heterocycles. The smallest absolute Gasteiger partial charge is 0.407 e. The maximum Gasteiger partial charge on any atom is 0.407 e. The van der Waals surface area contributed by atoms with E-state index in [1.807, 2.05) is 25.7 Å². The van der Waals surface area contributed by atoms with Crippen LogP contribution >= 0.6 is 0 Å². The molecule has 2 amide bonds. The van der Waals surface area contributed by atoms with Crippen LogP contribution in [0.5, 0.6) is 0 Å². The van der Waals surface area contributed by atoms with Gasteiger partial charge in [0.15, 0.2) is 0 Å². The van der Waals surface area contributed by atoms with Gasteiger partial charge in [-0.1, -0.05) is 0 Å². The minimum absolute atomic E-state index is 0.0301. The van der Waals surface area contributed by atoms with Gasteiger partial charge in [-0.3, -0.25) is 4.79 Å². The van der Waals surface area contributed by atoms with E-state index in [0.29, 0.717) is 6.54 Å². The van der Waals surface area contributed by atoms with Crippen LogP contribution in [0.1, 0.15) is 40.0 Å². The average molecular weight is 254 g/mol. The molecule has 0 aromatic heterocycles. The first-order valence-corrected chi connectivity index (χ1v) is 6.63. The first-order valence-electron chi connectivity index (χ1n) is 6.63. The molecule has 0 bridgehead atoms. The van der Waals surface area contributed by atoms with Crippen LogP contribution in [0.25, 0.3) is 0 Å². The van der Waals surface area contributed by atoms with E-state index in [-0.39, 0.29) is 17.9 Å². The molecule has 1 aliphatic carbocycles. The summed E-state index contributed by atoms with van der Waals surface area (Å²) in [5.74, 6) is 0.508. The number of alkyl carbamates (subject to hydrolysis) is 1. The Balaban J connectivity index is 1.75. The minimum Gasteiger partial charge on any atom is -0.444 e. The lowest BCUT2D eigenvalue weighted by atomic mass is 10.2. The first-order chi connectivity index (χ1) is 8.35. The van der Waals surface area contributed by atoms with Gasteiger partial charge in [0.05, 0.1) is 6.04 Å². The Bertz CT molecular complexity index is 345. The summed E-state index contributed by atoms with van der Waals surface area (Å²) in [7, 11) is 0. The number of rotatable bonds is 2. The van der Waals surface area contributed by atoms with Gasteiger partial charge in [-0.2, -0.15) is 0 Å². The van der Waals surface area contributed by atoms with E-state index < -0.39 is 11.7 Å². The zero-order valence-corrected chi connectivity index (χ0v) is 11.4. The molecule has 1 heterocycles. The monoisotopic (exact) mass is 254 g/mol. The molecule has 5 heteroatoms. The molecule has 2 aliphatic rings. The molecule has 0 aromatic carbocycles. The van der Waals surface area contributed by atoms with Crippen molar-refractivity contribution in [2.75, 3.05) is 13.1 Å². The highest BCUT2D eigenvalue weighted by Gasteiger charge is 2.37. The second-order valence-electron chi connectivity index (χ2n) is 6.19. The normalized spacial score (nSPS) is 23.9. The van der Waals surface area contributed by atoms with E-state index in [1.165, 1.54) is 0 Å². The van der Waals surface area contributed by atoms with Gasteiger partial charge in [0.1, 0.15) is 5.60 Å². The molecule has 1 N–H and O–H groups in total. The number of nitrogens with zero attached hydrogens (tertiary/aromatic N) is 1. The second kappa shape index (κ2) is 4.78. The lowest BCUT2D eigenvalue weighted by molar-refractivity contribution is -0.131. The Hall–Kier alpha value is -1.26. The predicted octanol–water partition coefficient (Wildman–Crippen LogP) is 1.52. The van der Waals surface area contributed by atoms with Crippen molar-refractivity contribution < 1.29 is 14.3 Å². The van der Waals surface area contributed by atoms with Crippen LogP contribution in [-0.2, 0) is 9.53 Å². The van der Waals surface area contributed by atoms with Crippen molar-refractivity contribution in [1.29, 1.82) is 0 Å². The zero-order valence-electron chi connectivity index (χ0n) is 11.4. The summed E-state index contributed by atoms with van der Waals surface area (Å²) in [5.41, 5.74) is -0.480. The van der Waals surface area contributed by atoms with Gasteiger partial charge in [0.2, 0.25) is 5.91 Å². The molecule has 102 valence electrons. The van der Waals surface area contributed by atoms with E-state index in [9.17, 15) is 9.59 Å². The summed E-state index contributed by atoms with van der Waals surface area (Å²) >= 11 is 0. The van der Waals surface area contributed by atoms with Crippen molar-refractivity contribution in [1.82, 2.24) is 10.2 Å². The third kappa shape index (κ3) is 3.62. The lowest BCUT2D eigenvalue weighted by Crippen LogP contribution is -2.41. The summed E-state index contributed by atoms with van der Waals surface area (Å²) in [4.78, 5) is 25.3. The largest absolute Gasteiger partial charge is 0.444 e. The van der Waals surface area contributed by atoms with Gasteiger partial charge in [0, 0.05) is 19.0 Å². The SMILES string of the molecule is CC(C)(C)OC(=O)NC1CCN(C(=O)C2CC2)C1. The third-order valence-corrected chi connectivity index (χ3v) is 3.15. The van der Waals surface area contributed by atoms with E-state index in [1.54, 1.807) is 0 Å². The fourth-order valence-corrected chi connectivity index (χ4v) is 2.14. The number of carbonyl (C=O) groups excluding carboxylic acids is 2. The van der Waals surface area contributed by atoms with Crippen LogP contribution in [0.15, 0.2) is 0 Å². The predicted molar refractivity (Wildman–Crippen MR) is 67.1 cm³/mol. The van der Waals surface area contributed by atoms with Crippen molar-refractivity contribution in [2.45, 2.75) is 51.7 Å². The standard InChI is InChI=1S/C13H22N2O3/c1-13(2,3)18-12(17)14-10-6-7-15(8-10)11(16)9-4-5-9/h9-10H,4-8H2,1-3H3,(H,14,17). The van der Waals surface area contributed by atoms with Gasteiger partial charge in [-0.25, -0.2) is 4.79 Å². The maximum atomic E-state index is 11.8. The molecule has 1 unspecified atom stereocenters. The van der Waals surface area contributed by atoms with Crippen molar-refractivity contribution in [2.24, 2.45) is 5.92 Å². The van der Waals surface area contributed by atoms with Gasteiger partial charge >= 0.3 is 6.09 Å². The third-order valence-electron chi connectivity index (χ3n) is 3.15. The second-order valence-corrected chi connectivity index (χ2v) is 6.19. The molecule has 5 nitrogen and oxygen atoms in total. The van der Waals surface area contributed by atoms with Crippen molar-refractivity contribution >= 4 is 12.0 Å². The Labute approximate surface area is 108 Å². The van der Waals surface area contributed by atoms with Crippen molar-refractivity contribution in [3.05, 3.63) is 0 Å². The number of amides is 2. The number of likely N-dealkylation sites (tertiary alicyclic amines) is 1. The molecular weight excluding hydrogens is 232 g/mol. The Morgan fingerprint density at radius 2 is 1.89 bits per heavy atom. The fraction of sp³-hybridized carbons (Fsp3) is 0.846. The summed E-state index contributed by atoms with van der Waals surface area (Å²) in [6.45, 7) is 6.88. The Kier molecular flexibility index (Phi) is 3.50. The fourth-order valence-electron chi connectivity index (χ4n) is 2.14. The molecule has 0 radical (unpaired) electrons. The van der Waals surface area contributed by atoms with Crippen LogP contribution in [0.3, 0.4) is 0 Å². The van der Waals surface area contributed by atoms with Crippen LogP contribution in [0.4, 0.5) is 4.79 Å². The summed E-state index contributed by atoms with van der Waals surface area (Å²) in [6, 6.07) is 0.0301. The highest BCUT2D eigenvalue weighted by atomic mass is 16.6. The van der Waals surface area contributed by atoms with Crippen LogP contribution in [0.2, 0.25) is 0 Å². The maximum absolute atomic E-state index is 11.8. The van der Waals surface area contributed by atoms with Gasteiger partial charge in [0.25, 0.3) is 0 Å². The average Bonchev–Trinajstić information content (AvgIpc) is 2.96. The quantitative estimate of drug-likeness (QED) is 0.813. The molecule has 2 fully saturated rings. The molecule has 0 spiro atoms. The molecule has 2 rings (SSSR count). The van der Waals surface area contributed by atoms with Crippen LogP contribution < -0.4 is 5.32 Å². The Morgan fingerprint density at radius 1 is 1.22 bits per heavy atom. The molecular formula is C13H22N2O3. The van der Waals surface area contributed by atoms with E-state index >= 15 is 0 Å². The molecule has 0 aromatic rings. The Morgan fingerprint density at radius 3 is 2.44 bits per heavy atom. The van der Waals surface area contributed by atoms with E-state index in [4.69, 9.17) is 4.74 Å². The molecule has 1 atom stereocenters. The highest BCUT2D eigenvalue weighted by Crippen LogP contribution is 2.32. The number of ether oxygens (including phenoxy) is 1. The molecule has 18 heavy (non-hydrogen) atoms. The van der Waals surface area contributed by atoms with Gasteiger partial charge in [-0.15, -0.1) is 0 Å². The zero-order chi connectivity index (χ0) is 13.3. The van der Waals surface area contributed by atoms with E-state index in [0.717, 1.165) is 25.8 Å². The number of carbonyl (C=O) groups is 2. The number of hydrogen-bond acceptors (Lipinski definition) is 3. The molecule has 1 saturated heterocycles. The van der Waals surface area contributed by atoms with Crippen LogP contribution in [0, 0.1) is 5.92 Å². The summed E-state index contributed by atoms with van der Waals surface area (Å²) < 4.78 is 5.20. The molecule has 1 saturated carbocycles. The lowest BCUT2D eigenvalue weighted by Gasteiger charge is -2.22.